The summed E-state index contributed by atoms with van der Waals surface area (Å²) in [6, 6.07) is 12.6. The van der Waals surface area contributed by atoms with E-state index in [1.54, 1.807) is 30.2 Å². The largest absolute Gasteiger partial charge is 0.496 e. The van der Waals surface area contributed by atoms with Gasteiger partial charge in [0.1, 0.15) is 18.0 Å². The molecule has 3 amide bonds. The third-order valence-corrected chi connectivity index (χ3v) is 6.26. The number of methoxy groups -OCH3 is 1. The third-order valence-electron chi connectivity index (χ3n) is 5.77. The number of carbonyl (C=O) groups is 3. The SMILES string of the molecule is COc1ccc(Br)cc1CNC(=O)CN1C(=O)c2ccccc2N2C(=O)CCC12C. The molecule has 0 aliphatic carbocycles. The minimum atomic E-state index is -0.854. The minimum absolute atomic E-state index is 0.0401. The Morgan fingerprint density at radius 1 is 1.23 bits per heavy atom. The molecule has 156 valence electrons. The Balaban J connectivity index is 1.55. The van der Waals surface area contributed by atoms with Gasteiger partial charge in [0.2, 0.25) is 11.8 Å². The molecule has 2 aromatic carbocycles. The van der Waals surface area contributed by atoms with Crippen molar-refractivity contribution in [3.05, 3.63) is 58.1 Å². The normalized spacial score (nSPS) is 20.1. The van der Waals surface area contributed by atoms with Crippen LogP contribution in [0.15, 0.2) is 46.9 Å². The highest BCUT2D eigenvalue weighted by Gasteiger charge is 2.53. The number of halogens is 1. The summed E-state index contributed by atoms with van der Waals surface area (Å²) in [5, 5.41) is 2.86. The summed E-state index contributed by atoms with van der Waals surface area (Å²) < 4.78 is 6.22. The fourth-order valence-electron chi connectivity index (χ4n) is 4.22. The smallest absolute Gasteiger partial charge is 0.258 e. The highest BCUT2D eigenvalue weighted by Crippen LogP contribution is 2.43. The molecule has 2 heterocycles. The lowest BCUT2D eigenvalue weighted by atomic mass is 9.98. The maximum absolute atomic E-state index is 13.2. The van der Waals surface area contributed by atoms with Gasteiger partial charge in [-0.2, -0.15) is 0 Å². The molecular weight excluding hydrogens is 450 g/mol. The molecule has 2 aliphatic heterocycles. The molecule has 4 rings (SSSR count). The highest BCUT2D eigenvalue weighted by atomic mass is 79.9. The van der Waals surface area contributed by atoms with E-state index in [1.807, 2.05) is 31.2 Å². The Labute approximate surface area is 183 Å². The van der Waals surface area contributed by atoms with Gasteiger partial charge in [-0.3, -0.25) is 19.3 Å². The first-order valence-electron chi connectivity index (χ1n) is 9.68. The zero-order chi connectivity index (χ0) is 21.5. The molecule has 2 aromatic rings. The molecule has 0 spiro atoms. The van der Waals surface area contributed by atoms with Gasteiger partial charge in [0.05, 0.1) is 18.4 Å². The molecule has 0 bridgehead atoms. The lowest BCUT2D eigenvalue weighted by Crippen LogP contribution is -2.63. The van der Waals surface area contributed by atoms with Crippen LogP contribution >= 0.6 is 15.9 Å². The van der Waals surface area contributed by atoms with Gasteiger partial charge >= 0.3 is 0 Å². The Morgan fingerprint density at radius 2 is 2.00 bits per heavy atom. The van der Waals surface area contributed by atoms with Crippen molar-refractivity contribution in [1.29, 1.82) is 0 Å². The highest BCUT2D eigenvalue weighted by molar-refractivity contribution is 9.10. The first-order valence-corrected chi connectivity index (χ1v) is 10.5. The summed E-state index contributed by atoms with van der Waals surface area (Å²) in [6.45, 7) is 1.97. The van der Waals surface area contributed by atoms with Crippen LogP contribution in [0.1, 0.15) is 35.7 Å². The summed E-state index contributed by atoms with van der Waals surface area (Å²) in [6.07, 6.45) is 0.824. The lowest BCUT2D eigenvalue weighted by Gasteiger charge is -2.48. The van der Waals surface area contributed by atoms with Crippen LogP contribution in [-0.2, 0) is 16.1 Å². The van der Waals surface area contributed by atoms with Crippen molar-refractivity contribution in [3.63, 3.8) is 0 Å². The number of nitrogens with one attached hydrogen (secondary N) is 1. The quantitative estimate of drug-likeness (QED) is 0.726. The van der Waals surface area contributed by atoms with Crippen LogP contribution in [0.2, 0.25) is 0 Å². The standard InChI is InChI=1S/C22H22BrN3O4/c1-22-10-9-20(28)26(22)17-6-4-3-5-16(17)21(29)25(22)13-19(27)24-12-14-11-15(23)7-8-18(14)30-2/h3-8,11H,9-10,12-13H2,1-2H3,(H,24,27). The predicted octanol–water partition coefficient (Wildman–Crippen LogP) is 3.07. The summed E-state index contributed by atoms with van der Waals surface area (Å²) >= 11 is 3.42. The number of para-hydroxylation sites is 1. The Bertz CT molecular complexity index is 1040. The second-order valence-corrected chi connectivity index (χ2v) is 8.50. The van der Waals surface area contributed by atoms with Gasteiger partial charge < -0.3 is 15.0 Å². The number of ether oxygens (including phenoxy) is 1. The zero-order valence-electron chi connectivity index (χ0n) is 16.8. The van der Waals surface area contributed by atoms with Crippen LogP contribution in [0, 0.1) is 0 Å². The maximum atomic E-state index is 13.2. The first-order chi connectivity index (χ1) is 14.3. The monoisotopic (exact) mass is 471 g/mol. The molecule has 7 nitrogen and oxygen atoms in total. The van der Waals surface area contributed by atoms with Crippen LogP contribution in [0.3, 0.4) is 0 Å². The van der Waals surface area contributed by atoms with Crippen molar-refractivity contribution in [2.75, 3.05) is 18.6 Å². The van der Waals surface area contributed by atoms with Crippen molar-refractivity contribution in [1.82, 2.24) is 10.2 Å². The molecule has 30 heavy (non-hydrogen) atoms. The van der Waals surface area contributed by atoms with Gasteiger partial charge in [0.15, 0.2) is 0 Å². The van der Waals surface area contributed by atoms with E-state index < -0.39 is 5.66 Å². The molecule has 1 fully saturated rings. The number of carbonyl (C=O) groups excluding carboxylic acids is 3. The van der Waals surface area contributed by atoms with Gasteiger partial charge in [-0.1, -0.05) is 28.1 Å². The molecule has 2 aliphatic rings. The average molecular weight is 472 g/mol. The number of hydrogen-bond acceptors (Lipinski definition) is 4. The van der Waals surface area contributed by atoms with E-state index in [4.69, 9.17) is 4.74 Å². The van der Waals surface area contributed by atoms with Gasteiger partial charge in [0, 0.05) is 23.0 Å². The fraction of sp³-hybridized carbons (Fsp3) is 0.318. The molecule has 1 unspecified atom stereocenters. The molecule has 1 atom stereocenters. The maximum Gasteiger partial charge on any atom is 0.258 e. The number of benzene rings is 2. The second kappa shape index (κ2) is 7.75. The van der Waals surface area contributed by atoms with Crippen molar-refractivity contribution in [2.24, 2.45) is 0 Å². The van der Waals surface area contributed by atoms with Crippen LogP contribution in [0.4, 0.5) is 5.69 Å². The van der Waals surface area contributed by atoms with Crippen molar-refractivity contribution in [2.45, 2.75) is 32.0 Å². The van der Waals surface area contributed by atoms with E-state index in [0.717, 1.165) is 10.0 Å². The molecule has 1 saturated heterocycles. The van der Waals surface area contributed by atoms with Crippen LogP contribution in [0.5, 0.6) is 5.75 Å². The average Bonchev–Trinajstić information content (AvgIpc) is 3.05. The van der Waals surface area contributed by atoms with Crippen molar-refractivity contribution in [3.8, 4) is 5.75 Å². The van der Waals surface area contributed by atoms with Gasteiger partial charge in [-0.15, -0.1) is 0 Å². The van der Waals surface area contributed by atoms with Crippen LogP contribution in [0.25, 0.3) is 0 Å². The van der Waals surface area contributed by atoms with Crippen molar-refractivity contribution >= 4 is 39.3 Å². The molecule has 0 radical (unpaired) electrons. The van der Waals surface area contributed by atoms with E-state index in [-0.39, 0.29) is 30.8 Å². The Hall–Kier alpha value is -2.87. The summed E-state index contributed by atoms with van der Waals surface area (Å²) in [5.41, 5.74) is 1.02. The first kappa shape index (κ1) is 20.4. The topological polar surface area (TPSA) is 79.0 Å². The minimum Gasteiger partial charge on any atom is -0.496 e. The van der Waals surface area contributed by atoms with Gasteiger partial charge in [0.25, 0.3) is 5.91 Å². The molecular formula is C22H22BrN3O4. The van der Waals surface area contributed by atoms with E-state index in [0.29, 0.717) is 29.8 Å². The summed E-state index contributed by atoms with van der Waals surface area (Å²) in [4.78, 5) is 41.8. The third kappa shape index (κ3) is 3.35. The molecule has 8 heteroatoms. The van der Waals surface area contributed by atoms with E-state index in [9.17, 15) is 14.4 Å². The lowest BCUT2D eigenvalue weighted by molar-refractivity contribution is -0.124. The van der Waals surface area contributed by atoms with Crippen LogP contribution in [-0.4, -0.2) is 41.9 Å². The van der Waals surface area contributed by atoms with Crippen LogP contribution < -0.4 is 15.0 Å². The fourth-order valence-corrected chi connectivity index (χ4v) is 4.63. The van der Waals surface area contributed by atoms with E-state index >= 15 is 0 Å². The Kier molecular flexibility index (Phi) is 5.27. The van der Waals surface area contributed by atoms with Crippen molar-refractivity contribution < 1.29 is 19.1 Å². The zero-order valence-corrected chi connectivity index (χ0v) is 18.4. The number of rotatable bonds is 5. The number of fused-ring (bicyclic) bond motifs is 3. The Morgan fingerprint density at radius 3 is 2.77 bits per heavy atom. The number of amides is 3. The molecule has 0 aromatic heterocycles. The van der Waals surface area contributed by atoms with Gasteiger partial charge in [-0.25, -0.2) is 0 Å². The molecule has 0 saturated carbocycles. The summed E-state index contributed by atoms with van der Waals surface area (Å²) in [7, 11) is 1.57. The number of anilines is 1. The summed E-state index contributed by atoms with van der Waals surface area (Å²) in [5.74, 6) is 0.0854. The van der Waals surface area contributed by atoms with E-state index in [1.165, 1.54) is 4.90 Å². The number of hydrogen-bond donors (Lipinski definition) is 1. The number of nitrogens with zero attached hydrogens (tertiary/aromatic N) is 2. The van der Waals surface area contributed by atoms with Gasteiger partial charge in [-0.05, 0) is 43.7 Å². The predicted molar refractivity (Wildman–Crippen MR) is 115 cm³/mol. The molecule has 1 N–H and O–H groups in total. The second-order valence-electron chi connectivity index (χ2n) is 7.59. The van der Waals surface area contributed by atoms with E-state index in [2.05, 4.69) is 21.2 Å².